The number of carboxylic acid groups (broad SMARTS) is 1. The summed E-state index contributed by atoms with van der Waals surface area (Å²) in [5.41, 5.74) is 1.59. The molecule has 1 N–H and O–H groups in total. The Labute approximate surface area is 141 Å². The van der Waals surface area contributed by atoms with Crippen molar-refractivity contribution in [1.82, 2.24) is 9.47 Å². The second-order valence-electron chi connectivity index (χ2n) is 6.46. The average molecular weight is 326 g/mol. The summed E-state index contributed by atoms with van der Waals surface area (Å²) in [5, 5.41) is 9.82. The number of aliphatic carboxylic acids is 1. The van der Waals surface area contributed by atoms with Crippen LogP contribution in [0.5, 0.6) is 0 Å². The predicted molar refractivity (Wildman–Crippen MR) is 91.0 cm³/mol. The molecule has 0 atom stereocenters. The van der Waals surface area contributed by atoms with Crippen molar-refractivity contribution in [3.8, 4) is 0 Å². The average Bonchev–Trinajstić information content (AvgIpc) is 2.94. The first-order valence-electron chi connectivity index (χ1n) is 8.16. The Morgan fingerprint density at radius 2 is 1.67 bits per heavy atom. The van der Waals surface area contributed by atoms with Gasteiger partial charge in [0.25, 0.3) is 5.91 Å². The predicted octanol–water partition coefficient (Wildman–Crippen LogP) is 2.59. The smallest absolute Gasteiger partial charge is 0.314 e. The minimum absolute atomic E-state index is 0.0300. The first kappa shape index (κ1) is 16.3. The molecule has 1 amide bonds. The van der Waals surface area contributed by atoms with Crippen LogP contribution in [-0.2, 0) is 17.3 Å². The quantitative estimate of drug-likeness (QED) is 0.943. The van der Waals surface area contributed by atoms with E-state index in [1.807, 2.05) is 61.0 Å². The van der Waals surface area contributed by atoms with Gasteiger partial charge in [-0.15, -0.1) is 0 Å². The maximum Gasteiger partial charge on any atom is 0.314 e. The molecule has 2 heterocycles. The molecule has 1 aromatic heterocycles. The highest BCUT2D eigenvalue weighted by Crippen LogP contribution is 2.36. The molecule has 0 aliphatic carbocycles. The molecule has 1 aromatic carbocycles. The molecular weight excluding hydrogens is 304 g/mol. The van der Waals surface area contributed by atoms with Crippen molar-refractivity contribution < 1.29 is 14.7 Å². The summed E-state index contributed by atoms with van der Waals surface area (Å²) in [6, 6.07) is 13.1. The lowest BCUT2D eigenvalue weighted by molar-refractivity contribution is -0.145. The van der Waals surface area contributed by atoms with Crippen molar-refractivity contribution in [2.75, 3.05) is 13.1 Å². The number of piperidine rings is 1. The van der Waals surface area contributed by atoms with Gasteiger partial charge in [0.05, 0.1) is 5.41 Å². The number of benzene rings is 1. The van der Waals surface area contributed by atoms with E-state index in [0.29, 0.717) is 31.6 Å². The Bertz CT molecular complexity index is 756. The topological polar surface area (TPSA) is 62.5 Å². The molecule has 0 bridgehead atoms. The van der Waals surface area contributed by atoms with Crippen LogP contribution in [0, 0.1) is 6.92 Å². The molecule has 1 saturated heterocycles. The van der Waals surface area contributed by atoms with Crippen LogP contribution >= 0.6 is 0 Å². The molecule has 1 aliphatic heterocycles. The van der Waals surface area contributed by atoms with E-state index in [1.165, 1.54) is 0 Å². The van der Waals surface area contributed by atoms with Crippen molar-refractivity contribution in [1.29, 1.82) is 0 Å². The van der Waals surface area contributed by atoms with Gasteiger partial charge in [0.2, 0.25) is 0 Å². The van der Waals surface area contributed by atoms with E-state index >= 15 is 0 Å². The number of aryl methyl sites for hydroxylation is 1. The molecule has 1 fully saturated rings. The minimum atomic E-state index is -0.901. The SMILES string of the molecule is Cc1ccc(C(=O)N2CCC(C(=O)O)(c3ccccc3)CC2)n1C. The molecule has 0 radical (unpaired) electrons. The summed E-state index contributed by atoms with van der Waals surface area (Å²) in [5.74, 6) is -0.840. The summed E-state index contributed by atoms with van der Waals surface area (Å²) in [6.07, 6.45) is 0.864. The fraction of sp³-hybridized carbons (Fsp3) is 0.368. The molecule has 24 heavy (non-hydrogen) atoms. The number of carbonyl (C=O) groups excluding carboxylic acids is 1. The molecule has 3 rings (SSSR count). The Morgan fingerprint density at radius 3 is 2.17 bits per heavy atom. The van der Waals surface area contributed by atoms with Crippen molar-refractivity contribution in [2.45, 2.75) is 25.2 Å². The first-order chi connectivity index (χ1) is 11.5. The molecule has 5 nitrogen and oxygen atoms in total. The van der Waals surface area contributed by atoms with Crippen LogP contribution in [-0.4, -0.2) is 39.5 Å². The van der Waals surface area contributed by atoms with Gasteiger partial charge >= 0.3 is 5.97 Å². The summed E-state index contributed by atoms with van der Waals surface area (Å²) < 4.78 is 1.87. The van der Waals surface area contributed by atoms with Gasteiger partial charge in [0.15, 0.2) is 0 Å². The monoisotopic (exact) mass is 326 g/mol. The van der Waals surface area contributed by atoms with Gasteiger partial charge in [-0.3, -0.25) is 9.59 Å². The Kier molecular flexibility index (Phi) is 4.18. The normalized spacial score (nSPS) is 16.8. The van der Waals surface area contributed by atoms with Crippen LogP contribution < -0.4 is 0 Å². The van der Waals surface area contributed by atoms with Gasteiger partial charge in [-0.2, -0.15) is 0 Å². The van der Waals surface area contributed by atoms with Crippen LogP contribution in [0.2, 0.25) is 0 Å². The van der Waals surface area contributed by atoms with Gasteiger partial charge in [0.1, 0.15) is 5.69 Å². The van der Waals surface area contributed by atoms with Crippen molar-refractivity contribution >= 4 is 11.9 Å². The van der Waals surface area contributed by atoms with Crippen molar-refractivity contribution in [3.05, 3.63) is 59.4 Å². The van der Waals surface area contributed by atoms with Crippen LogP contribution in [0.4, 0.5) is 0 Å². The van der Waals surface area contributed by atoms with E-state index < -0.39 is 11.4 Å². The Morgan fingerprint density at radius 1 is 1.04 bits per heavy atom. The van der Waals surface area contributed by atoms with Crippen LogP contribution in [0.15, 0.2) is 42.5 Å². The number of hydrogen-bond acceptors (Lipinski definition) is 2. The maximum absolute atomic E-state index is 12.7. The van der Waals surface area contributed by atoms with Crippen molar-refractivity contribution in [3.63, 3.8) is 0 Å². The van der Waals surface area contributed by atoms with E-state index in [-0.39, 0.29) is 5.91 Å². The number of nitrogens with zero attached hydrogens (tertiary/aromatic N) is 2. The van der Waals surface area contributed by atoms with Crippen molar-refractivity contribution in [2.24, 2.45) is 7.05 Å². The van der Waals surface area contributed by atoms with Crippen LogP contribution in [0.3, 0.4) is 0 Å². The second kappa shape index (κ2) is 6.15. The first-order valence-corrected chi connectivity index (χ1v) is 8.16. The molecule has 0 saturated carbocycles. The number of hydrogen-bond donors (Lipinski definition) is 1. The highest BCUT2D eigenvalue weighted by Gasteiger charge is 2.44. The third-order valence-electron chi connectivity index (χ3n) is 5.23. The number of carbonyl (C=O) groups is 2. The van der Waals surface area contributed by atoms with Gasteiger partial charge in [-0.1, -0.05) is 30.3 Å². The van der Waals surface area contributed by atoms with Crippen LogP contribution in [0.25, 0.3) is 0 Å². The number of carboxylic acids is 1. The summed E-state index contributed by atoms with van der Waals surface area (Å²) in [6.45, 7) is 2.85. The highest BCUT2D eigenvalue weighted by atomic mass is 16.4. The molecule has 0 unspecified atom stereocenters. The number of likely N-dealkylation sites (tertiary alicyclic amines) is 1. The molecular formula is C19H22N2O3. The molecule has 1 aliphatic rings. The van der Waals surface area contributed by atoms with Crippen LogP contribution in [0.1, 0.15) is 34.6 Å². The second-order valence-corrected chi connectivity index (χ2v) is 6.46. The molecule has 2 aromatic rings. The molecule has 5 heteroatoms. The summed E-state index contributed by atoms with van der Waals surface area (Å²) in [7, 11) is 1.87. The third kappa shape index (κ3) is 2.60. The number of aromatic nitrogens is 1. The zero-order valence-corrected chi connectivity index (χ0v) is 14.0. The Balaban J connectivity index is 1.80. The van der Waals surface area contributed by atoms with E-state index in [4.69, 9.17) is 0 Å². The van der Waals surface area contributed by atoms with E-state index in [9.17, 15) is 14.7 Å². The summed E-state index contributed by atoms with van der Waals surface area (Å²) in [4.78, 5) is 26.4. The summed E-state index contributed by atoms with van der Waals surface area (Å²) >= 11 is 0. The van der Waals surface area contributed by atoms with E-state index in [2.05, 4.69) is 0 Å². The zero-order chi connectivity index (χ0) is 17.3. The fourth-order valence-corrected chi connectivity index (χ4v) is 3.46. The van der Waals surface area contributed by atoms with Gasteiger partial charge < -0.3 is 14.6 Å². The lowest BCUT2D eigenvalue weighted by atomic mass is 9.73. The third-order valence-corrected chi connectivity index (χ3v) is 5.23. The largest absolute Gasteiger partial charge is 0.481 e. The molecule has 0 spiro atoms. The van der Waals surface area contributed by atoms with Gasteiger partial charge in [-0.05, 0) is 37.5 Å². The molecule has 126 valence electrons. The maximum atomic E-state index is 12.7. The van der Waals surface area contributed by atoms with E-state index in [0.717, 1.165) is 11.3 Å². The fourth-order valence-electron chi connectivity index (χ4n) is 3.46. The standard InChI is InChI=1S/C19H22N2O3/c1-14-8-9-16(20(14)2)17(22)21-12-10-19(11-13-21,18(23)24)15-6-4-3-5-7-15/h3-9H,10-13H2,1-2H3,(H,23,24). The van der Waals surface area contributed by atoms with Gasteiger partial charge in [0, 0.05) is 25.8 Å². The lowest BCUT2D eigenvalue weighted by Gasteiger charge is -2.39. The Hall–Kier alpha value is -2.56. The minimum Gasteiger partial charge on any atom is -0.481 e. The van der Waals surface area contributed by atoms with Gasteiger partial charge in [-0.25, -0.2) is 0 Å². The number of amides is 1. The lowest BCUT2D eigenvalue weighted by Crippen LogP contribution is -2.49. The van der Waals surface area contributed by atoms with E-state index in [1.54, 1.807) is 4.90 Å². The number of rotatable bonds is 3. The zero-order valence-electron chi connectivity index (χ0n) is 14.0. The highest BCUT2D eigenvalue weighted by molar-refractivity contribution is 5.93.